The van der Waals surface area contributed by atoms with Gasteiger partial charge in [-0.3, -0.25) is 10.2 Å². The van der Waals surface area contributed by atoms with Crippen LogP contribution in [-0.4, -0.2) is 46.9 Å². The molecule has 2 atom stereocenters. The highest BCUT2D eigenvalue weighted by atomic mass is 32.1. The number of ether oxygens (including phenoxy) is 2. The molecule has 0 spiro atoms. The van der Waals surface area contributed by atoms with Crippen LogP contribution in [0.4, 0.5) is 0 Å². The predicted molar refractivity (Wildman–Crippen MR) is 138 cm³/mol. The normalized spacial score (nSPS) is 16.8. The van der Waals surface area contributed by atoms with Crippen LogP contribution in [0.3, 0.4) is 0 Å². The Morgan fingerprint density at radius 2 is 2.00 bits per heavy atom. The minimum absolute atomic E-state index is 0.0893. The minimum atomic E-state index is -0.596. The van der Waals surface area contributed by atoms with Gasteiger partial charge in [0.05, 0.1) is 24.3 Å². The van der Waals surface area contributed by atoms with Crippen LogP contribution in [-0.2, 0) is 9.47 Å². The number of amides is 1. The molecule has 3 rings (SSSR count). The molecule has 0 radical (unpaired) electrons. The number of aromatic nitrogens is 1. The average molecular weight is 499 g/mol. The van der Waals surface area contributed by atoms with Gasteiger partial charge in [0.25, 0.3) is 5.91 Å². The van der Waals surface area contributed by atoms with E-state index in [9.17, 15) is 9.59 Å². The third-order valence-electron chi connectivity index (χ3n) is 5.66. The summed E-state index contributed by atoms with van der Waals surface area (Å²) in [5.74, 6) is -0.401. The first-order chi connectivity index (χ1) is 16.7. The largest absolute Gasteiger partial charge is 0.462 e. The lowest BCUT2D eigenvalue weighted by atomic mass is 10.0. The van der Waals surface area contributed by atoms with Gasteiger partial charge in [0.1, 0.15) is 10.8 Å². The fraction of sp³-hybridized carbons (Fsp3) is 0.462. The lowest BCUT2D eigenvalue weighted by Gasteiger charge is -2.24. The van der Waals surface area contributed by atoms with Crippen molar-refractivity contribution in [3.63, 3.8) is 0 Å². The fourth-order valence-corrected chi connectivity index (χ4v) is 4.83. The molecule has 1 fully saturated rings. The van der Waals surface area contributed by atoms with E-state index in [0.717, 1.165) is 30.0 Å². The van der Waals surface area contributed by atoms with Crippen molar-refractivity contribution in [3.8, 4) is 0 Å². The smallest absolute Gasteiger partial charge is 0.338 e. The molecular formula is C26H34N4O4S. The van der Waals surface area contributed by atoms with E-state index in [1.807, 2.05) is 30.2 Å². The number of nitrogens with one attached hydrogen (secondary N) is 1. The molecule has 3 N–H and O–H groups in total. The number of hydrogen-bond donors (Lipinski definition) is 2. The number of aryl methyl sites for hydroxylation is 1. The number of thiazole rings is 1. The van der Waals surface area contributed by atoms with Gasteiger partial charge in [-0.15, -0.1) is 11.3 Å². The molecule has 2 heterocycles. The Labute approximate surface area is 210 Å². The maximum Gasteiger partial charge on any atom is 0.338 e. The number of benzene rings is 1. The van der Waals surface area contributed by atoms with Crippen LogP contribution in [0.15, 0.2) is 29.7 Å². The first-order valence-corrected chi connectivity index (χ1v) is 12.9. The molecule has 8 nitrogen and oxygen atoms in total. The van der Waals surface area contributed by atoms with Gasteiger partial charge in [-0.25, -0.2) is 9.78 Å². The standard InChI is InChI=1S/C26H34N4O4S/c1-5-7-10-22(34-23(28)17(4)27)18-12-19(14-20(13-18)26(32)33-6-2)25(31)30-11-8-9-21(30)24-29-16(3)15-35-24/h10,12-15,17,21,28H,5-9,11,27H2,1-4H3/b22-10+,28-23?/t17-,21+/m0/s1. The third kappa shape index (κ3) is 6.55. The van der Waals surface area contributed by atoms with E-state index in [4.69, 9.17) is 20.6 Å². The van der Waals surface area contributed by atoms with Crippen molar-refractivity contribution in [2.45, 2.75) is 65.5 Å². The highest BCUT2D eigenvalue weighted by Gasteiger charge is 2.33. The maximum absolute atomic E-state index is 13.7. The van der Waals surface area contributed by atoms with Crippen LogP contribution in [0, 0.1) is 12.3 Å². The zero-order chi connectivity index (χ0) is 25.5. The van der Waals surface area contributed by atoms with Gasteiger partial charge in [-0.05, 0) is 64.3 Å². The number of unbranched alkanes of at least 4 members (excludes halogenated alkanes) is 1. The van der Waals surface area contributed by atoms with Crippen molar-refractivity contribution in [3.05, 3.63) is 57.0 Å². The molecule has 1 aliphatic heterocycles. The van der Waals surface area contributed by atoms with Crippen LogP contribution in [0.5, 0.6) is 0 Å². The molecule has 188 valence electrons. The summed E-state index contributed by atoms with van der Waals surface area (Å²) in [4.78, 5) is 32.8. The Kier molecular flexibility index (Phi) is 9.17. The average Bonchev–Trinajstić information content (AvgIpc) is 3.49. The molecule has 1 amide bonds. The van der Waals surface area contributed by atoms with E-state index in [0.29, 0.717) is 29.9 Å². The summed E-state index contributed by atoms with van der Waals surface area (Å²) in [6, 6.07) is 4.23. The van der Waals surface area contributed by atoms with Crippen molar-refractivity contribution >= 4 is 34.9 Å². The first kappa shape index (κ1) is 26.6. The number of allylic oxidation sites excluding steroid dienone is 1. The number of likely N-dealkylation sites (tertiary alicyclic amines) is 1. The van der Waals surface area contributed by atoms with Crippen molar-refractivity contribution in [1.82, 2.24) is 9.88 Å². The topological polar surface area (TPSA) is 119 Å². The molecule has 1 aromatic heterocycles. The number of hydrogen-bond acceptors (Lipinski definition) is 8. The summed E-state index contributed by atoms with van der Waals surface area (Å²) >= 11 is 1.56. The molecule has 1 aromatic carbocycles. The summed E-state index contributed by atoms with van der Waals surface area (Å²) in [5, 5.41) is 11.0. The second-order valence-corrected chi connectivity index (χ2v) is 9.50. The van der Waals surface area contributed by atoms with Gasteiger partial charge < -0.3 is 20.1 Å². The number of esters is 1. The van der Waals surface area contributed by atoms with Gasteiger partial charge in [-0.2, -0.15) is 0 Å². The lowest BCUT2D eigenvalue weighted by molar-refractivity contribution is 0.0526. The quantitative estimate of drug-likeness (QED) is 0.215. The van der Waals surface area contributed by atoms with Crippen molar-refractivity contribution in [1.29, 1.82) is 5.41 Å². The van der Waals surface area contributed by atoms with E-state index in [1.165, 1.54) is 0 Å². The summed E-state index contributed by atoms with van der Waals surface area (Å²) < 4.78 is 11.0. The Morgan fingerprint density at radius 3 is 2.63 bits per heavy atom. The number of nitrogens with two attached hydrogens (primary N) is 1. The SMILES string of the molecule is CCC/C=C(/OC(=N)[C@H](C)N)c1cc(C(=O)OCC)cc(C(=O)N2CCC[C@@H]2c2nc(C)cs2)c1. The Morgan fingerprint density at radius 1 is 1.29 bits per heavy atom. The monoisotopic (exact) mass is 498 g/mol. The zero-order valence-corrected chi connectivity index (χ0v) is 21.6. The van der Waals surface area contributed by atoms with E-state index in [2.05, 4.69) is 4.98 Å². The molecule has 0 saturated carbocycles. The molecular weight excluding hydrogens is 464 g/mol. The third-order valence-corrected chi connectivity index (χ3v) is 6.73. The van der Waals surface area contributed by atoms with E-state index < -0.39 is 12.0 Å². The van der Waals surface area contributed by atoms with Crippen LogP contribution >= 0.6 is 11.3 Å². The predicted octanol–water partition coefficient (Wildman–Crippen LogP) is 5.09. The summed E-state index contributed by atoms with van der Waals surface area (Å²) in [5.41, 5.74) is 7.91. The maximum atomic E-state index is 13.7. The number of nitrogens with zero attached hydrogens (tertiary/aromatic N) is 2. The van der Waals surface area contributed by atoms with Gasteiger partial charge in [0.2, 0.25) is 5.90 Å². The first-order valence-electron chi connectivity index (χ1n) is 12.0. The highest BCUT2D eigenvalue weighted by Crippen LogP contribution is 2.35. The van der Waals surface area contributed by atoms with E-state index >= 15 is 0 Å². The summed E-state index contributed by atoms with van der Waals surface area (Å²) in [7, 11) is 0. The number of rotatable bonds is 9. The van der Waals surface area contributed by atoms with Gasteiger partial charge in [0.15, 0.2) is 0 Å². The minimum Gasteiger partial charge on any atom is -0.462 e. The zero-order valence-electron chi connectivity index (χ0n) is 20.8. The van der Waals surface area contributed by atoms with Crippen molar-refractivity contribution < 1.29 is 19.1 Å². The van der Waals surface area contributed by atoms with Gasteiger partial charge in [-0.1, -0.05) is 13.3 Å². The second-order valence-electron chi connectivity index (χ2n) is 8.62. The molecule has 0 aliphatic carbocycles. The molecule has 2 aromatic rings. The Balaban J connectivity index is 2.03. The molecule has 0 bridgehead atoms. The van der Waals surface area contributed by atoms with E-state index in [1.54, 1.807) is 43.4 Å². The van der Waals surface area contributed by atoms with Crippen molar-refractivity contribution in [2.75, 3.05) is 13.2 Å². The van der Waals surface area contributed by atoms with Crippen LogP contribution in [0.25, 0.3) is 5.76 Å². The second kappa shape index (κ2) is 12.1. The highest BCUT2D eigenvalue weighted by molar-refractivity contribution is 7.09. The Hall–Kier alpha value is -3.04. The van der Waals surface area contributed by atoms with Gasteiger partial charge in [0, 0.05) is 28.7 Å². The molecule has 1 saturated heterocycles. The lowest BCUT2D eigenvalue weighted by Crippen LogP contribution is -2.31. The van der Waals surface area contributed by atoms with Crippen LogP contribution in [0.1, 0.15) is 89.5 Å². The summed E-state index contributed by atoms with van der Waals surface area (Å²) in [6.07, 6.45) is 5.15. The number of carbonyl (C=O) groups is 2. The molecule has 1 aliphatic rings. The van der Waals surface area contributed by atoms with Crippen LogP contribution < -0.4 is 5.73 Å². The van der Waals surface area contributed by atoms with E-state index in [-0.39, 0.29) is 30.0 Å². The molecule has 0 unspecified atom stereocenters. The Bertz CT molecular complexity index is 1110. The van der Waals surface area contributed by atoms with Crippen molar-refractivity contribution in [2.24, 2.45) is 5.73 Å². The van der Waals surface area contributed by atoms with Crippen LogP contribution in [0.2, 0.25) is 0 Å². The molecule has 9 heteroatoms. The fourth-order valence-electron chi connectivity index (χ4n) is 3.89. The number of carbonyl (C=O) groups excluding carboxylic acids is 2. The molecule has 35 heavy (non-hydrogen) atoms. The summed E-state index contributed by atoms with van der Waals surface area (Å²) in [6.45, 7) is 8.21. The van der Waals surface area contributed by atoms with Gasteiger partial charge >= 0.3 is 5.97 Å².